The molecule has 2 amide bonds. The summed E-state index contributed by atoms with van der Waals surface area (Å²) in [6.45, 7) is 5.40. The van der Waals surface area contributed by atoms with Gasteiger partial charge < -0.3 is 19.9 Å². The van der Waals surface area contributed by atoms with Gasteiger partial charge >= 0.3 is 18.2 Å². The third kappa shape index (κ3) is 6.46. The minimum absolute atomic E-state index is 0.0479. The van der Waals surface area contributed by atoms with Crippen LogP contribution >= 0.6 is 0 Å². The molecule has 0 heterocycles. The first kappa shape index (κ1) is 25.8. The summed E-state index contributed by atoms with van der Waals surface area (Å²) in [7, 11) is 0. The molecule has 0 saturated carbocycles. The first-order valence-electron chi connectivity index (χ1n) is 12.0. The summed E-state index contributed by atoms with van der Waals surface area (Å²) in [5.41, 5.74) is 4.93. The Balaban J connectivity index is 1.34. The largest absolute Gasteiger partial charge is 0.480 e. The minimum Gasteiger partial charge on any atom is -0.480 e. The third-order valence-electron chi connectivity index (χ3n) is 5.97. The standard InChI is InChI=1S/C29H30N2O6/c1-29(2,3)37-28(35)30-19-14-12-18(13-15-19)16-25(26(32)33)31-27(34)36-17-24-22-10-6-4-8-20(22)21-9-5-7-11-23(21)24/h4-15,24-25H,16-17H2,1-3H3,(H,30,35)(H,31,34)(H,32,33)/t25-/m1/s1. The van der Waals surface area contributed by atoms with E-state index in [4.69, 9.17) is 9.47 Å². The zero-order valence-corrected chi connectivity index (χ0v) is 21.0. The van der Waals surface area contributed by atoms with E-state index in [1.807, 2.05) is 48.5 Å². The van der Waals surface area contributed by atoms with Gasteiger partial charge in [-0.3, -0.25) is 5.32 Å². The summed E-state index contributed by atoms with van der Waals surface area (Å²) in [5, 5.41) is 14.7. The van der Waals surface area contributed by atoms with Gasteiger partial charge in [-0.2, -0.15) is 0 Å². The van der Waals surface area contributed by atoms with Gasteiger partial charge in [-0.15, -0.1) is 0 Å². The van der Waals surface area contributed by atoms with E-state index in [9.17, 15) is 19.5 Å². The normalized spacial score (nSPS) is 13.2. The van der Waals surface area contributed by atoms with Crippen LogP contribution < -0.4 is 10.6 Å². The average Bonchev–Trinajstić information content (AvgIpc) is 3.16. The van der Waals surface area contributed by atoms with Crippen molar-refractivity contribution in [1.82, 2.24) is 5.32 Å². The number of carboxylic acid groups (broad SMARTS) is 1. The van der Waals surface area contributed by atoms with Crippen LogP contribution in [-0.4, -0.2) is 41.5 Å². The summed E-state index contributed by atoms with van der Waals surface area (Å²) in [4.78, 5) is 36.3. The molecular formula is C29H30N2O6. The molecule has 3 aromatic rings. The molecule has 4 rings (SSSR count). The van der Waals surface area contributed by atoms with E-state index in [1.54, 1.807) is 45.0 Å². The van der Waals surface area contributed by atoms with Crippen molar-refractivity contribution < 1.29 is 29.0 Å². The van der Waals surface area contributed by atoms with Crippen LogP contribution in [0.5, 0.6) is 0 Å². The monoisotopic (exact) mass is 502 g/mol. The molecule has 0 radical (unpaired) electrons. The van der Waals surface area contributed by atoms with Gasteiger partial charge in [0.25, 0.3) is 0 Å². The Morgan fingerprint density at radius 1 is 0.865 bits per heavy atom. The molecule has 0 saturated heterocycles. The van der Waals surface area contributed by atoms with E-state index in [1.165, 1.54) is 0 Å². The van der Waals surface area contributed by atoms with Crippen LogP contribution in [0.15, 0.2) is 72.8 Å². The highest BCUT2D eigenvalue weighted by Gasteiger charge is 2.30. The lowest BCUT2D eigenvalue weighted by Gasteiger charge is -2.20. The third-order valence-corrected chi connectivity index (χ3v) is 5.97. The van der Waals surface area contributed by atoms with Crippen LogP contribution in [-0.2, 0) is 20.7 Å². The number of alkyl carbamates (subject to hydrolysis) is 1. The predicted octanol–water partition coefficient (Wildman–Crippen LogP) is 5.57. The number of benzene rings is 3. The van der Waals surface area contributed by atoms with Gasteiger partial charge in [-0.1, -0.05) is 60.7 Å². The Kier molecular flexibility index (Phi) is 7.47. The number of amides is 2. The molecule has 1 atom stereocenters. The molecule has 8 nitrogen and oxygen atoms in total. The number of anilines is 1. The maximum absolute atomic E-state index is 12.6. The Labute approximate surface area is 215 Å². The average molecular weight is 503 g/mol. The molecule has 3 aromatic carbocycles. The first-order chi connectivity index (χ1) is 17.6. The van der Waals surface area contributed by atoms with Gasteiger partial charge in [0.1, 0.15) is 18.2 Å². The zero-order chi connectivity index (χ0) is 26.6. The number of carbonyl (C=O) groups excluding carboxylic acids is 2. The molecule has 0 aliphatic heterocycles. The van der Waals surface area contributed by atoms with Crippen LogP contribution in [0.25, 0.3) is 11.1 Å². The van der Waals surface area contributed by atoms with Gasteiger partial charge in [0.2, 0.25) is 0 Å². The van der Waals surface area contributed by atoms with E-state index in [-0.39, 0.29) is 18.9 Å². The molecule has 192 valence electrons. The summed E-state index contributed by atoms with van der Waals surface area (Å²) < 4.78 is 10.7. The Hall–Kier alpha value is -4.33. The SMILES string of the molecule is CC(C)(C)OC(=O)Nc1ccc(C[C@@H](NC(=O)OCC2c3ccccc3-c3ccccc32)C(=O)O)cc1. The van der Waals surface area contributed by atoms with Gasteiger partial charge in [-0.25, -0.2) is 14.4 Å². The van der Waals surface area contributed by atoms with Crippen molar-refractivity contribution in [1.29, 1.82) is 0 Å². The summed E-state index contributed by atoms with van der Waals surface area (Å²) in [6.07, 6.45) is -1.33. The van der Waals surface area contributed by atoms with Crippen LogP contribution in [0, 0.1) is 0 Å². The van der Waals surface area contributed by atoms with Crippen molar-refractivity contribution >= 4 is 23.8 Å². The van der Waals surface area contributed by atoms with Crippen molar-refractivity contribution in [2.45, 2.75) is 44.8 Å². The fraction of sp³-hybridized carbons (Fsp3) is 0.276. The van der Waals surface area contributed by atoms with E-state index < -0.39 is 29.8 Å². The summed E-state index contributed by atoms with van der Waals surface area (Å²) >= 11 is 0. The van der Waals surface area contributed by atoms with Gasteiger partial charge in [0, 0.05) is 18.0 Å². The highest BCUT2D eigenvalue weighted by atomic mass is 16.6. The van der Waals surface area contributed by atoms with Crippen LogP contribution in [0.2, 0.25) is 0 Å². The van der Waals surface area contributed by atoms with Crippen molar-refractivity contribution in [3.05, 3.63) is 89.5 Å². The topological polar surface area (TPSA) is 114 Å². The fourth-order valence-corrected chi connectivity index (χ4v) is 4.36. The van der Waals surface area contributed by atoms with Crippen LogP contribution in [0.4, 0.5) is 15.3 Å². The highest BCUT2D eigenvalue weighted by Crippen LogP contribution is 2.44. The van der Waals surface area contributed by atoms with Crippen LogP contribution in [0.3, 0.4) is 0 Å². The fourth-order valence-electron chi connectivity index (χ4n) is 4.36. The van der Waals surface area contributed by atoms with E-state index in [0.717, 1.165) is 22.3 Å². The molecule has 0 spiro atoms. The predicted molar refractivity (Wildman–Crippen MR) is 140 cm³/mol. The molecule has 3 N–H and O–H groups in total. The number of carboxylic acids is 1. The van der Waals surface area contributed by atoms with Gasteiger partial charge in [0.15, 0.2) is 0 Å². The molecular weight excluding hydrogens is 472 g/mol. The van der Waals surface area contributed by atoms with Crippen LogP contribution in [0.1, 0.15) is 43.4 Å². The number of aliphatic carboxylic acids is 1. The number of nitrogens with one attached hydrogen (secondary N) is 2. The maximum Gasteiger partial charge on any atom is 0.412 e. The summed E-state index contributed by atoms with van der Waals surface area (Å²) in [5.74, 6) is -1.30. The lowest BCUT2D eigenvalue weighted by atomic mass is 9.98. The molecule has 0 bridgehead atoms. The maximum atomic E-state index is 12.6. The van der Waals surface area contributed by atoms with E-state index >= 15 is 0 Å². The number of hydrogen-bond acceptors (Lipinski definition) is 5. The van der Waals surface area contributed by atoms with Crippen molar-refractivity contribution in [3.63, 3.8) is 0 Å². The summed E-state index contributed by atoms with van der Waals surface area (Å²) in [6, 6.07) is 21.4. The molecule has 1 aliphatic carbocycles. The number of rotatable bonds is 7. The lowest BCUT2D eigenvalue weighted by molar-refractivity contribution is -0.139. The van der Waals surface area contributed by atoms with Crippen molar-refractivity contribution in [3.8, 4) is 11.1 Å². The quantitative estimate of drug-likeness (QED) is 0.389. The Bertz CT molecular complexity index is 1250. The minimum atomic E-state index is -1.18. The van der Waals surface area contributed by atoms with Crippen molar-refractivity contribution in [2.75, 3.05) is 11.9 Å². The Morgan fingerprint density at radius 3 is 1.97 bits per heavy atom. The molecule has 0 aromatic heterocycles. The second-order valence-corrected chi connectivity index (χ2v) is 9.89. The van der Waals surface area contributed by atoms with Gasteiger partial charge in [0.05, 0.1) is 0 Å². The zero-order valence-electron chi connectivity index (χ0n) is 21.0. The highest BCUT2D eigenvalue weighted by molar-refractivity contribution is 5.85. The number of ether oxygens (including phenoxy) is 2. The second-order valence-electron chi connectivity index (χ2n) is 9.89. The molecule has 37 heavy (non-hydrogen) atoms. The molecule has 8 heteroatoms. The molecule has 0 unspecified atom stereocenters. The van der Waals surface area contributed by atoms with E-state index in [2.05, 4.69) is 10.6 Å². The number of fused-ring (bicyclic) bond motifs is 3. The van der Waals surface area contributed by atoms with Crippen molar-refractivity contribution in [2.24, 2.45) is 0 Å². The van der Waals surface area contributed by atoms with Gasteiger partial charge in [-0.05, 0) is 60.7 Å². The first-order valence-corrected chi connectivity index (χ1v) is 12.0. The smallest absolute Gasteiger partial charge is 0.412 e. The van der Waals surface area contributed by atoms with E-state index in [0.29, 0.717) is 11.3 Å². The number of carbonyl (C=O) groups is 3. The molecule has 0 fully saturated rings. The number of hydrogen-bond donors (Lipinski definition) is 3. The molecule has 1 aliphatic rings. The Morgan fingerprint density at radius 2 is 1.43 bits per heavy atom. The second kappa shape index (κ2) is 10.7. The lowest BCUT2D eigenvalue weighted by Crippen LogP contribution is -2.42.